The molecule has 1 aromatic heterocycles. The van der Waals surface area contributed by atoms with Gasteiger partial charge in [0.25, 0.3) is 0 Å². The number of aliphatic hydroxyl groups is 1. The van der Waals surface area contributed by atoms with E-state index in [-0.39, 0.29) is 18.0 Å². The lowest BCUT2D eigenvalue weighted by Crippen LogP contribution is -2.50. The normalized spacial score (nSPS) is 24.2. The van der Waals surface area contributed by atoms with E-state index in [1.165, 1.54) is 0 Å². The fourth-order valence-corrected chi connectivity index (χ4v) is 2.49. The molecular formula is C15H23N3O2. The Hall–Kier alpha value is -1.62. The molecule has 1 aliphatic rings. The minimum atomic E-state index is -0.421. The SMILES string of the molecule is CCC(NC(=O)N1CCC(C)C(O)C1)c1ccncc1. The van der Waals surface area contributed by atoms with Crippen molar-refractivity contribution in [2.24, 2.45) is 5.92 Å². The molecule has 1 aliphatic heterocycles. The highest BCUT2D eigenvalue weighted by Crippen LogP contribution is 2.19. The Bertz CT molecular complexity index is 438. The summed E-state index contributed by atoms with van der Waals surface area (Å²) >= 11 is 0. The van der Waals surface area contributed by atoms with Gasteiger partial charge in [0.2, 0.25) is 0 Å². The van der Waals surface area contributed by atoms with Crippen LogP contribution in [0.2, 0.25) is 0 Å². The van der Waals surface area contributed by atoms with Crippen LogP contribution in [-0.4, -0.2) is 40.2 Å². The van der Waals surface area contributed by atoms with Crippen molar-refractivity contribution < 1.29 is 9.90 Å². The summed E-state index contributed by atoms with van der Waals surface area (Å²) < 4.78 is 0. The molecule has 0 spiro atoms. The number of pyridine rings is 1. The summed E-state index contributed by atoms with van der Waals surface area (Å²) in [5, 5.41) is 12.9. The van der Waals surface area contributed by atoms with Crippen LogP contribution in [-0.2, 0) is 0 Å². The van der Waals surface area contributed by atoms with Crippen LogP contribution in [0.4, 0.5) is 4.79 Å². The molecule has 2 rings (SSSR count). The number of nitrogens with one attached hydrogen (secondary N) is 1. The summed E-state index contributed by atoms with van der Waals surface area (Å²) in [6.45, 7) is 5.18. The van der Waals surface area contributed by atoms with E-state index in [1.54, 1.807) is 17.3 Å². The molecule has 0 aromatic carbocycles. The number of aromatic nitrogens is 1. The van der Waals surface area contributed by atoms with Gasteiger partial charge in [-0.1, -0.05) is 13.8 Å². The van der Waals surface area contributed by atoms with Gasteiger partial charge < -0.3 is 15.3 Å². The molecule has 2 heterocycles. The Morgan fingerprint density at radius 2 is 2.25 bits per heavy atom. The number of β-amino-alcohol motifs (C(OH)–C–C–N with tert-alkyl or cyclic N) is 1. The monoisotopic (exact) mass is 277 g/mol. The first-order valence-corrected chi connectivity index (χ1v) is 7.25. The second kappa shape index (κ2) is 6.70. The first-order valence-electron chi connectivity index (χ1n) is 7.25. The summed E-state index contributed by atoms with van der Waals surface area (Å²) in [6, 6.07) is 3.73. The molecule has 1 aromatic rings. The van der Waals surface area contributed by atoms with Gasteiger partial charge in [-0.3, -0.25) is 4.98 Å². The van der Waals surface area contributed by atoms with Crippen molar-refractivity contribution in [3.05, 3.63) is 30.1 Å². The van der Waals surface area contributed by atoms with E-state index in [9.17, 15) is 9.90 Å². The third-order valence-electron chi connectivity index (χ3n) is 4.02. The number of urea groups is 1. The smallest absolute Gasteiger partial charge is 0.317 e. The Morgan fingerprint density at radius 3 is 2.85 bits per heavy atom. The van der Waals surface area contributed by atoms with Gasteiger partial charge in [-0.15, -0.1) is 0 Å². The minimum Gasteiger partial charge on any atom is -0.391 e. The second-order valence-corrected chi connectivity index (χ2v) is 5.47. The van der Waals surface area contributed by atoms with Crippen LogP contribution in [0.25, 0.3) is 0 Å². The highest BCUT2D eigenvalue weighted by atomic mass is 16.3. The Labute approximate surface area is 120 Å². The lowest BCUT2D eigenvalue weighted by Gasteiger charge is -2.35. The lowest BCUT2D eigenvalue weighted by molar-refractivity contribution is 0.0429. The van der Waals surface area contributed by atoms with Crippen molar-refractivity contribution in [3.63, 3.8) is 0 Å². The van der Waals surface area contributed by atoms with Gasteiger partial charge in [-0.25, -0.2) is 4.79 Å². The average molecular weight is 277 g/mol. The number of hydrogen-bond acceptors (Lipinski definition) is 3. The Morgan fingerprint density at radius 1 is 1.55 bits per heavy atom. The number of likely N-dealkylation sites (tertiary alicyclic amines) is 1. The van der Waals surface area contributed by atoms with Gasteiger partial charge >= 0.3 is 6.03 Å². The number of nitrogens with zero attached hydrogens (tertiary/aromatic N) is 2. The topological polar surface area (TPSA) is 65.5 Å². The van der Waals surface area contributed by atoms with Crippen LogP contribution in [0, 0.1) is 5.92 Å². The van der Waals surface area contributed by atoms with Crippen LogP contribution < -0.4 is 5.32 Å². The number of carbonyl (C=O) groups is 1. The number of rotatable bonds is 3. The molecule has 2 amide bonds. The number of aliphatic hydroxyl groups excluding tert-OH is 1. The predicted octanol–water partition coefficient (Wildman–Crippen LogP) is 1.95. The van der Waals surface area contributed by atoms with Crippen LogP contribution in [0.5, 0.6) is 0 Å². The number of hydrogen-bond donors (Lipinski definition) is 2. The standard InChI is InChI=1S/C15H23N3O2/c1-3-13(12-4-7-16-8-5-12)17-15(20)18-9-6-11(2)14(19)10-18/h4-5,7-8,11,13-14,19H,3,6,9-10H2,1-2H3,(H,17,20). The quantitative estimate of drug-likeness (QED) is 0.887. The number of carbonyl (C=O) groups excluding carboxylic acids is 1. The zero-order chi connectivity index (χ0) is 14.5. The predicted molar refractivity (Wildman–Crippen MR) is 77.2 cm³/mol. The summed E-state index contributed by atoms with van der Waals surface area (Å²) in [5.41, 5.74) is 1.06. The highest BCUT2D eigenvalue weighted by molar-refractivity contribution is 5.74. The molecule has 2 N–H and O–H groups in total. The Balaban J connectivity index is 1.96. The molecule has 3 atom stereocenters. The van der Waals surface area contributed by atoms with E-state index in [0.717, 1.165) is 18.4 Å². The summed E-state index contributed by atoms with van der Waals surface area (Å²) in [5.74, 6) is 0.265. The average Bonchev–Trinajstić information content (AvgIpc) is 2.48. The van der Waals surface area contributed by atoms with Gasteiger partial charge in [0.15, 0.2) is 0 Å². The van der Waals surface area contributed by atoms with Gasteiger partial charge in [0, 0.05) is 25.5 Å². The molecule has 0 aliphatic carbocycles. The van der Waals surface area contributed by atoms with Gasteiger partial charge in [-0.05, 0) is 36.5 Å². The molecule has 0 saturated carbocycles. The van der Waals surface area contributed by atoms with E-state index in [4.69, 9.17) is 0 Å². The van der Waals surface area contributed by atoms with Crippen molar-refractivity contribution >= 4 is 6.03 Å². The van der Waals surface area contributed by atoms with Gasteiger partial charge in [-0.2, -0.15) is 0 Å². The first kappa shape index (κ1) is 14.8. The van der Waals surface area contributed by atoms with Crippen molar-refractivity contribution in [1.82, 2.24) is 15.2 Å². The van der Waals surface area contributed by atoms with E-state index < -0.39 is 6.10 Å². The van der Waals surface area contributed by atoms with Gasteiger partial charge in [0.1, 0.15) is 0 Å². The van der Waals surface area contributed by atoms with Crippen molar-refractivity contribution in [2.75, 3.05) is 13.1 Å². The maximum absolute atomic E-state index is 12.3. The minimum absolute atomic E-state index is 0.0120. The van der Waals surface area contributed by atoms with Crippen molar-refractivity contribution in [2.45, 2.75) is 38.8 Å². The van der Waals surface area contributed by atoms with Crippen LogP contribution >= 0.6 is 0 Å². The summed E-state index contributed by atoms with van der Waals surface area (Å²) in [7, 11) is 0. The molecule has 3 unspecified atom stereocenters. The Kier molecular flexibility index (Phi) is 4.95. The summed E-state index contributed by atoms with van der Waals surface area (Å²) in [4.78, 5) is 18.0. The lowest BCUT2D eigenvalue weighted by atomic mass is 9.96. The molecular weight excluding hydrogens is 254 g/mol. The highest BCUT2D eigenvalue weighted by Gasteiger charge is 2.28. The molecule has 0 bridgehead atoms. The summed E-state index contributed by atoms with van der Waals surface area (Å²) in [6.07, 6.45) is 4.71. The largest absolute Gasteiger partial charge is 0.391 e. The molecule has 20 heavy (non-hydrogen) atoms. The van der Waals surface area contributed by atoms with Crippen molar-refractivity contribution in [1.29, 1.82) is 0 Å². The van der Waals surface area contributed by atoms with Crippen molar-refractivity contribution in [3.8, 4) is 0 Å². The zero-order valence-electron chi connectivity index (χ0n) is 12.1. The zero-order valence-corrected chi connectivity index (χ0v) is 12.1. The maximum Gasteiger partial charge on any atom is 0.317 e. The van der Waals surface area contributed by atoms with Crippen LogP contribution in [0.15, 0.2) is 24.5 Å². The molecule has 5 nitrogen and oxygen atoms in total. The second-order valence-electron chi connectivity index (χ2n) is 5.47. The van der Waals surface area contributed by atoms with Gasteiger partial charge in [0.05, 0.1) is 12.1 Å². The van der Waals surface area contributed by atoms with E-state index >= 15 is 0 Å². The first-order chi connectivity index (χ1) is 9.61. The number of piperidine rings is 1. The van der Waals surface area contributed by atoms with Crippen LogP contribution in [0.3, 0.4) is 0 Å². The molecule has 5 heteroatoms. The fraction of sp³-hybridized carbons (Fsp3) is 0.600. The fourth-order valence-electron chi connectivity index (χ4n) is 2.49. The van der Waals surface area contributed by atoms with E-state index in [0.29, 0.717) is 13.1 Å². The van der Waals surface area contributed by atoms with E-state index in [1.807, 2.05) is 26.0 Å². The number of amides is 2. The third kappa shape index (κ3) is 3.48. The molecule has 1 fully saturated rings. The maximum atomic E-state index is 12.3. The van der Waals surface area contributed by atoms with E-state index in [2.05, 4.69) is 10.3 Å². The molecule has 0 radical (unpaired) electrons. The molecule has 110 valence electrons. The molecule has 1 saturated heterocycles. The van der Waals surface area contributed by atoms with Crippen LogP contribution in [0.1, 0.15) is 38.3 Å². The third-order valence-corrected chi connectivity index (χ3v) is 4.02.